The third kappa shape index (κ3) is 2.23. The third-order valence-electron chi connectivity index (χ3n) is 1.22. The number of hydrogen-bond donors (Lipinski definition) is 0. The van der Waals surface area contributed by atoms with E-state index in [-0.39, 0.29) is 0 Å². The highest BCUT2D eigenvalue weighted by molar-refractivity contribution is 4.91. The molecular weight excluding hydrogens is 152 g/mol. The molecule has 62 valence electrons. The van der Waals surface area contributed by atoms with Crippen LogP contribution in [0.2, 0.25) is 0 Å². The first kappa shape index (κ1) is 8.52. The molecule has 0 radical (unpaired) electrons. The summed E-state index contributed by atoms with van der Waals surface area (Å²) in [5.74, 6) is 1.19. The van der Waals surface area contributed by atoms with E-state index in [2.05, 4.69) is 33.6 Å². The fourth-order valence-corrected chi connectivity index (χ4v) is 0.692. The summed E-state index contributed by atoms with van der Waals surface area (Å²) in [4.78, 5) is 0. The van der Waals surface area contributed by atoms with Gasteiger partial charge in [0.25, 0.3) is 0 Å². The van der Waals surface area contributed by atoms with Gasteiger partial charge in [-0.25, -0.2) is 0 Å². The summed E-state index contributed by atoms with van der Waals surface area (Å²) in [6.45, 7) is 7.13. The molecule has 1 aromatic rings. The van der Waals surface area contributed by atoms with Crippen molar-refractivity contribution in [3.8, 4) is 0 Å². The van der Waals surface area contributed by atoms with E-state index in [9.17, 15) is 0 Å². The van der Waals surface area contributed by atoms with Crippen molar-refractivity contribution in [2.24, 2.45) is 0 Å². The second kappa shape index (κ2) is 4.33. The summed E-state index contributed by atoms with van der Waals surface area (Å²) in [7, 11) is 0. The second-order valence-corrected chi connectivity index (χ2v) is 2.22. The van der Waals surface area contributed by atoms with E-state index in [0.29, 0.717) is 24.5 Å². The summed E-state index contributed by atoms with van der Waals surface area (Å²) in [5.41, 5.74) is 0. The van der Waals surface area contributed by atoms with Gasteiger partial charge in [-0.15, -0.1) is 33.6 Å². The average Bonchev–Trinajstić information content (AvgIpc) is 2.09. The first-order valence-electron chi connectivity index (χ1n) is 3.63. The Morgan fingerprint density at radius 1 is 0.833 bits per heavy atom. The van der Waals surface area contributed by atoms with Gasteiger partial charge in [0.2, 0.25) is 0 Å². The highest BCUT2D eigenvalue weighted by Gasteiger charge is 1.96. The number of allylic oxidation sites excluding steroid dienone is 2. The Morgan fingerprint density at radius 2 is 1.17 bits per heavy atom. The van der Waals surface area contributed by atoms with E-state index in [0.717, 1.165) is 0 Å². The van der Waals surface area contributed by atoms with Gasteiger partial charge in [0, 0.05) is 12.8 Å². The molecule has 0 aliphatic carbocycles. The van der Waals surface area contributed by atoms with Crippen LogP contribution in [0.1, 0.15) is 11.6 Å². The second-order valence-electron chi connectivity index (χ2n) is 2.22. The van der Waals surface area contributed by atoms with Gasteiger partial charge >= 0.3 is 0 Å². The molecule has 0 aliphatic heterocycles. The fraction of sp³-hybridized carbons (Fsp3) is 0.250. The molecule has 0 aliphatic rings. The quantitative estimate of drug-likeness (QED) is 0.612. The first-order valence-corrected chi connectivity index (χ1v) is 3.63. The number of aromatic nitrogens is 4. The van der Waals surface area contributed by atoms with Crippen LogP contribution in [0.4, 0.5) is 0 Å². The average molecular weight is 162 g/mol. The topological polar surface area (TPSA) is 51.6 Å². The molecule has 1 aromatic heterocycles. The van der Waals surface area contributed by atoms with Crippen LogP contribution in [-0.4, -0.2) is 20.4 Å². The van der Waals surface area contributed by atoms with Crippen LogP contribution in [0.15, 0.2) is 25.3 Å². The zero-order valence-corrected chi connectivity index (χ0v) is 6.77. The van der Waals surface area contributed by atoms with Gasteiger partial charge < -0.3 is 0 Å². The Bertz CT molecular complexity index is 236. The molecule has 0 amide bonds. The molecule has 0 atom stereocenters. The molecule has 0 N–H and O–H groups in total. The molecule has 4 nitrogen and oxygen atoms in total. The molecule has 1 heterocycles. The molecule has 1 rings (SSSR count). The van der Waals surface area contributed by atoms with Crippen molar-refractivity contribution in [1.82, 2.24) is 20.4 Å². The standard InChI is InChI=1S/C8H10N4/c1-3-5-7-9-11-8(6-4-2)12-10-7/h3-4H,1-2,5-6H2. The molecule has 12 heavy (non-hydrogen) atoms. The zero-order chi connectivity index (χ0) is 8.81. The van der Waals surface area contributed by atoms with E-state index in [1.54, 1.807) is 12.2 Å². The van der Waals surface area contributed by atoms with Crippen molar-refractivity contribution >= 4 is 0 Å². The predicted molar refractivity (Wildman–Crippen MR) is 45.4 cm³/mol. The number of hydrogen-bond acceptors (Lipinski definition) is 4. The Morgan fingerprint density at radius 3 is 1.42 bits per heavy atom. The largest absolute Gasteiger partial charge is 0.177 e. The van der Waals surface area contributed by atoms with Crippen LogP contribution >= 0.6 is 0 Å². The predicted octanol–water partition coefficient (Wildman–Crippen LogP) is 0.724. The van der Waals surface area contributed by atoms with Gasteiger partial charge in [0.1, 0.15) is 0 Å². The molecule has 0 unspecified atom stereocenters. The summed E-state index contributed by atoms with van der Waals surface area (Å²) >= 11 is 0. The lowest BCUT2D eigenvalue weighted by molar-refractivity contribution is 0.735. The highest BCUT2D eigenvalue weighted by Crippen LogP contribution is 1.90. The molecule has 0 fully saturated rings. The maximum absolute atomic E-state index is 3.84. The van der Waals surface area contributed by atoms with E-state index in [4.69, 9.17) is 0 Å². The minimum Gasteiger partial charge on any atom is -0.131 e. The Hall–Kier alpha value is -1.58. The summed E-state index contributed by atoms with van der Waals surface area (Å²) in [6, 6.07) is 0. The van der Waals surface area contributed by atoms with Crippen LogP contribution < -0.4 is 0 Å². The van der Waals surface area contributed by atoms with Gasteiger partial charge in [-0.2, -0.15) is 0 Å². The summed E-state index contributed by atoms with van der Waals surface area (Å²) < 4.78 is 0. The van der Waals surface area contributed by atoms with Crippen molar-refractivity contribution in [3.63, 3.8) is 0 Å². The van der Waals surface area contributed by atoms with Crippen molar-refractivity contribution in [1.29, 1.82) is 0 Å². The molecule has 0 saturated carbocycles. The molecule has 0 aromatic carbocycles. The Balaban J connectivity index is 2.70. The van der Waals surface area contributed by atoms with E-state index in [1.165, 1.54) is 0 Å². The van der Waals surface area contributed by atoms with Crippen LogP contribution in [0.3, 0.4) is 0 Å². The zero-order valence-electron chi connectivity index (χ0n) is 6.77. The van der Waals surface area contributed by atoms with E-state index in [1.807, 2.05) is 0 Å². The van der Waals surface area contributed by atoms with Crippen molar-refractivity contribution in [3.05, 3.63) is 37.0 Å². The minimum absolute atomic E-state index is 0.595. The van der Waals surface area contributed by atoms with Crippen molar-refractivity contribution in [2.45, 2.75) is 12.8 Å². The van der Waals surface area contributed by atoms with Crippen molar-refractivity contribution in [2.75, 3.05) is 0 Å². The normalized spacial score (nSPS) is 9.33. The van der Waals surface area contributed by atoms with Crippen LogP contribution in [0.5, 0.6) is 0 Å². The molecule has 0 saturated heterocycles. The van der Waals surface area contributed by atoms with Gasteiger partial charge in [0.05, 0.1) is 0 Å². The maximum Gasteiger partial charge on any atom is 0.177 e. The lowest BCUT2D eigenvalue weighted by atomic mass is 10.4. The Labute approximate surface area is 71.1 Å². The van der Waals surface area contributed by atoms with Gasteiger partial charge in [-0.3, -0.25) is 0 Å². The third-order valence-corrected chi connectivity index (χ3v) is 1.22. The molecule has 0 bridgehead atoms. The van der Waals surface area contributed by atoms with Gasteiger partial charge in [0.15, 0.2) is 11.6 Å². The summed E-state index contributed by atoms with van der Waals surface area (Å²) in [5, 5.41) is 15.4. The van der Waals surface area contributed by atoms with Crippen LogP contribution in [0, 0.1) is 0 Å². The highest BCUT2D eigenvalue weighted by atomic mass is 15.3. The summed E-state index contributed by atoms with van der Waals surface area (Å²) in [6.07, 6.45) is 4.64. The van der Waals surface area contributed by atoms with Crippen molar-refractivity contribution < 1.29 is 0 Å². The van der Waals surface area contributed by atoms with Crippen LogP contribution in [0.25, 0.3) is 0 Å². The Kier molecular flexibility index (Phi) is 3.07. The molecule has 0 spiro atoms. The molecular formula is C8H10N4. The smallest absolute Gasteiger partial charge is 0.131 e. The van der Waals surface area contributed by atoms with Gasteiger partial charge in [-0.1, -0.05) is 12.2 Å². The number of rotatable bonds is 4. The van der Waals surface area contributed by atoms with Gasteiger partial charge in [-0.05, 0) is 0 Å². The van der Waals surface area contributed by atoms with E-state index < -0.39 is 0 Å². The lowest BCUT2D eigenvalue weighted by Crippen LogP contribution is -2.03. The fourth-order valence-electron chi connectivity index (χ4n) is 0.692. The molecule has 4 heteroatoms. The minimum atomic E-state index is 0.595. The van der Waals surface area contributed by atoms with E-state index >= 15 is 0 Å². The maximum atomic E-state index is 3.84. The van der Waals surface area contributed by atoms with Crippen LogP contribution in [-0.2, 0) is 12.8 Å². The monoisotopic (exact) mass is 162 g/mol. The first-order chi connectivity index (χ1) is 5.86. The SMILES string of the molecule is C=CCc1nnc(CC=C)nn1. The number of nitrogens with zero attached hydrogens (tertiary/aromatic N) is 4. The lowest BCUT2D eigenvalue weighted by Gasteiger charge is -1.93.